The van der Waals surface area contributed by atoms with Gasteiger partial charge in [0.15, 0.2) is 0 Å². The molecular formula is C28H29ClFN3O. The first-order valence-electron chi connectivity index (χ1n) is 11.6. The Morgan fingerprint density at radius 3 is 2.44 bits per heavy atom. The van der Waals surface area contributed by atoms with Crippen LogP contribution in [-0.2, 0) is 26.2 Å². The highest BCUT2D eigenvalue weighted by atomic mass is 35.5. The van der Waals surface area contributed by atoms with Crippen LogP contribution >= 0.6 is 11.6 Å². The summed E-state index contributed by atoms with van der Waals surface area (Å²) in [6.45, 7) is 5.05. The monoisotopic (exact) mass is 477 g/mol. The number of phenolic OH excluding ortho intramolecular Hbond substituents is 1. The lowest BCUT2D eigenvalue weighted by atomic mass is 10.1. The first-order chi connectivity index (χ1) is 16.5. The highest BCUT2D eigenvalue weighted by Crippen LogP contribution is 2.26. The molecule has 0 atom stereocenters. The van der Waals surface area contributed by atoms with Crippen molar-refractivity contribution in [1.29, 1.82) is 0 Å². The molecule has 0 bridgehead atoms. The smallest absolute Gasteiger partial charge is 0.140 e. The van der Waals surface area contributed by atoms with Gasteiger partial charge in [-0.25, -0.2) is 9.37 Å². The maximum absolute atomic E-state index is 13.5. The molecule has 6 heteroatoms. The van der Waals surface area contributed by atoms with Gasteiger partial charge in [0.1, 0.15) is 17.4 Å². The summed E-state index contributed by atoms with van der Waals surface area (Å²) in [5, 5.41) is 10.3. The summed E-state index contributed by atoms with van der Waals surface area (Å²) in [5.41, 5.74) is 4.16. The SMILES string of the molecule is CCCCn1c(CN(Cc2ccccc2)Cc2ccc(O)cc2Cl)cnc1-c1ccc(F)cc1. The van der Waals surface area contributed by atoms with E-state index in [2.05, 4.69) is 28.5 Å². The number of aromatic hydroxyl groups is 1. The molecule has 0 aliphatic rings. The van der Waals surface area contributed by atoms with Crippen LogP contribution in [0, 0.1) is 5.82 Å². The molecule has 176 valence electrons. The van der Waals surface area contributed by atoms with Gasteiger partial charge in [0.25, 0.3) is 0 Å². The molecule has 4 aromatic rings. The zero-order valence-corrected chi connectivity index (χ0v) is 20.0. The number of hydrogen-bond donors (Lipinski definition) is 1. The van der Waals surface area contributed by atoms with E-state index in [-0.39, 0.29) is 11.6 Å². The molecule has 0 amide bonds. The number of imidazole rings is 1. The maximum atomic E-state index is 13.5. The molecule has 3 aromatic carbocycles. The second kappa shape index (κ2) is 11.3. The number of rotatable bonds is 10. The predicted octanol–water partition coefficient (Wildman–Crippen LogP) is 7.05. The molecule has 0 radical (unpaired) electrons. The summed E-state index contributed by atoms with van der Waals surface area (Å²) in [6.07, 6.45) is 4.02. The Kier molecular flexibility index (Phi) is 7.99. The van der Waals surface area contributed by atoms with E-state index in [1.807, 2.05) is 30.5 Å². The molecule has 34 heavy (non-hydrogen) atoms. The molecule has 0 spiro atoms. The molecule has 0 fully saturated rings. The van der Waals surface area contributed by atoms with E-state index in [0.29, 0.717) is 18.1 Å². The van der Waals surface area contributed by atoms with Gasteiger partial charge in [-0.05, 0) is 53.9 Å². The quantitative estimate of drug-likeness (QED) is 0.266. The van der Waals surface area contributed by atoms with Gasteiger partial charge in [-0.2, -0.15) is 0 Å². The van der Waals surface area contributed by atoms with Crippen molar-refractivity contribution < 1.29 is 9.50 Å². The minimum atomic E-state index is -0.254. The van der Waals surface area contributed by atoms with Crippen molar-refractivity contribution in [3.63, 3.8) is 0 Å². The van der Waals surface area contributed by atoms with E-state index in [1.54, 1.807) is 24.3 Å². The lowest BCUT2D eigenvalue weighted by Gasteiger charge is -2.24. The van der Waals surface area contributed by atoms with E-state index >= 15 is 0 Å². The predicted molar refractivity (Wildman–Crippen MR) is 135 cm³/mol. The average molecular weight is 478 g/mol. The van der Waals surface area contributed by atoms with Gasteiger partial charge >= 0.3 is 0 Å². The zero-order chi connectivity index (χ0) is 23.9. The number of phenols is 1. The molecule has 4 nitrogen and oxygen atoms in total. The maximum Gasteiger partial charge on any atom is 0.140 e. The van der Waals surface area contributed by atoms with E-state index in [9.17, 15) is 9.50 Å². The zero-order valence-electron chi connectivity index (χ0n) is 19.3. The fraction of sp³-hybridized carbons (Fsp3) is 0.250. The molecule has 1 heterocycles. The standard InChI is InChI=1S/C28H29ClFN3O/c1-2-3-15-33-25(17-31-28(33)22-9-12-24(30)13-10-22)20-32(18-21-7-5-4-6-8-21)19-23-11-14-26(34)16-27(23)29/h4-14,16-17,34H,2-3,15,18-20H2,1H3. The van der Waals surface area contributed by atoms with Crippen LogP contribution in [0.25, 0.3) is 11.4 Å². The summed E-state index contributed by atoms with van der Waals surface area (Å²) in [6, 6.07) is 21.9. The number of hydrogen-bond acceptors (Lipinski definition) is 3. The fourth-order valence-corrected chi connectivity index (χ4v) is 4.31. The number of halogens is 2. The molecule has 1 N–H and O–H groups in total. The van der Waals surface area contributed by atoms with E-state index in [4.69, 9.17) is 16.6 Å². The molecule has 0 unspecified atom stereocenters. The van der Waals surface area contributed by atoms with Gasteiger partial charge in [0.05, 0.1) is 11.9 Å². The topological polar surface area (TPSA) is 41.3 Å². The van der Waals surface area contributed by atoms with Crippen LogP contribution in [0.4, 0.5) is 4.39 Å². The van der Waals surface area contributed by atoms with Crippen molar-refractivity contribution in [2.24, 2.45) is 0 Å². The van der Waals surface area contributed by atoms with Crippen LogP contribution in [0.1, 0.15) is 36.6 Å². The Bertz CT molecular complexity index is 1210. The Labute approximate surface area is 205 Å². The Morgan fingerprint density at radius 2 is 1.74 bits per heavy atom. The number of nitrogens with zero attached hydrogens (tertiary/aromatic N) is 3. The Morgan fingerprint density at radius 1 is 0.971 bits per heavy atom. The van der Waals surface area contributed by atoms with Crippen LogP contribution < -0.4 is 0 Å². The Balaban J connectivity index is 1.65. The minimum Gasteiger partial charge on any atom is -0.508 e. The third-order valence-corrected chi connectivity index (χ3v) is 6.19. The van der Waals surface area contributed by atoms with Crippen molar-refractivity contribution in [2.75, 3.05) is 0 Å². The largest absolute Gasteiger partial charge is 0.508 e. The third-order valence-electron chi connectivity index (χ3n) is 5.84. The molecule has 1 aromatic heterocycles. The highest BCUT2D eigenvalue weighted by Gasteiger charge is 2.17. The molecule has 0 aliphatic carbocycles. The lowest BCUT2D eigenvalue weighted by Crippen LogP contribution is -2.24. The van der Waals surface area contributed by atoms with Crippen LogP contribution in [0.3, 0.4) is 0 Å². The van der Waals surface area contributed by atoms with Crippen LogP contribution in [0.15, 0.2) is 79.0 Å². The molecule has 0 saturated heterocycles. The molecular weight excluding hydrogens is 449 g/mol. The van der Waals surface area contributed by atoms with Crippen molar-refractivity contribution in [1.82, 2.24) is 14.5 Å². The lowest BCUT2D eigenvalue weighted by molar-refractivity contribution is 0.241. The van der Waals surface area contributed by atoms with E-state index in [1.165, 1.54) is 17.7 Å². The van der Waals surface area contributed by atoms with Gasteiger partial charge in [-0.3, -0.25) is 4.90 Å². The third kappa shape index (κ3) is 6.04. The summed E-state index contributed by atoms with van der Waals surface area (Å²) in [7, 11) is 0. The summed E-state index contributed by atoms with van der Waals surface area (Å²) in [5.74, 6) is 0.756. The first kappa shape index (κ1) is 24.0. The van der Waals surface area contributed by atoms with Crippen LogP contribution in [-0.4, -0.2) is 19.6 Å². The van der Waals surface area contributed by atoms with Crippen molar-refractivity contribution in [3.05, 3.63) is 107 Å². The number of aromatic nitrogens is 2. The first-order valence-corrected chi connectivity index (χ1v) is 11.9. The summed E-state index contributed by atoms with van der Waals surface area (Å²) in [4.78, 5) is 7.04. The van der Waals surface area contributed by atoms with E-state index < -0.39 is 0 Å². The molecule has 4 rings (SSSR count). The van der Waals surface area contributed by atoms with Gasteiger partial charge in [-0.1, -0.05) is 61.3 Å². The second-order valence-electron chi connectivity index (χ2n) is 8.49. The molecule has 0 saturated carbocycles. The number of benzene rings is 3. The van der Waals surface area contributed by atoms with E-state index in [0.717, 1.165) is 48.6 Å². The fourth-order valence-electron chi connectivity index (χ4n) is 4.08. The van der Waals surface area contributed by atoms with Crippen LogP contribution in [0.5, 0.6) is 5.75 Å². The Hall–Kier alpha value is -3.15. The van der Waals surface area contributed by atoms with Gasteiger partial charge in [-0.15, -0.1) is 0 Å². The van der Waals surface area contributed by atoms with Crippen molar-refractivity contribution >= 4 is 11.6 Å². The minimum absolute atomic E-state index is 0.157. The number of unbranched alkanes of at least 4 members (excludes halogenated alkanes) is 1. The highest BCUT2D eigenvalue weighted by molar-refractivity contribution is 6.31. The summed E-state index contributed by atoms with van der Waals surface area (Å²) >= 11 is 6.44. The normalized spacial score (nSPS) is 11.3. The van der Waals surface area contributed by atoms with Crippen LogP contribution in [0.2, 0.25) is 5.02 Å². The van der Waals surface area contributed by atoms with Crippen molar-refractivity contribution in [2.45, 2.75) is 45.9 Å². The van der Waals surface area contributed by atoms with Gasteiger partial charge < -0.3 is 9.67 Å². The van der Waals surface area contributed by atoms with Crippen molar-refractivity contribution in [3.8, 4) is 17.1 Å². The van der Waals surface area contributed by atoms with Gasteiger partial charge in [0, 0.05) is 36.8 Å². The average Bonchev–Trinajstić information content (AvgIpc) is 3.22. The molecule has 0 aliphatic heterocycles. The van der Waals surface area contributed by atoms with Gasteiger partial charge in [0.2, 0.25) is 0 Å². The summed E-state index contributed by atoms with van der Waals surface area (Å²) < 4.78 is 15.7. The second-order valence-corrected chi connectivity index (χ2v) is 8.90.